The fourth-order valence-electron chi connectivity index (χ4n) is 3.70. The van der Waals surface area contributed by atoms with Crippen molar-refractivity contribution in [3.63, 3.8) is 0 Å². The second-order valence-corrected chi connectivity index (χ2v) is 8.88. The van der Waals surface area contributed by atoms with Gasteiger partial charge in [0.1, 0.15) is 11.5 Å². The molecule has 0 amide bonds. The molecule has 0 spiro atoms. The molecule has 1 unspecified atom stereocenters. The zero-order valence-corrected chi connectivity index (χ0v) is 22.3. The van der Waals surface area contributed by atoms with Gasteiger partial charge in [-0.25, -0.2) is 26.3 Å². The van der Waals surface area contributed by atoms with Gasteiger partial charge < -0.3 is 15.2 Å². The summed E-state index contributed by atoms with van der Waals surface area (Å²) in [5.41, 5.74) is 2.62. The van der Waals surface area contributed by atoms with E-state index in [1.807, 2.05) is 12.1 Å². The maximum absolute atomic E-state index is 14.5. The molecule has 0 fully saturated rings. The normalized spacial score (nSPS) is 11.5. The van der Waals surface area contributed by atoms with Crippen LogP contribution in [-0.4, -0.2) is 7.11 Å². The van der Waals surface area contributed by atoms with E-state index in [1.165, 1.54) is 29.8 Å². The minimum Gasteiger partial charge on any atom is -0.497 e. The number of nitrogens with two attached hydrogens (primary N) is 1. The summed E-state index contributed by atoms with van der Waals surface area (Å²) in [6.45, 7) is 4.47. The van der Waals surface area contributed by atoms with Gasteiger partial charge in [0.05, 0.1) is 18.2 Å². The Hall–Kier alpha value is -4.12. The maximum Gasteiger partial charge on any atom is 0.205 e. The highest BCUT2D eigenvalue weighted by atomic mass is 19.2. The van der Waals surface area contributed by atoms with Crippen molar-refractivity contribution in [2.45, 2.75) is 33.2 Å². The van der Waals surface area contributed by atoms with Gasteiger partial charge in [-0.1, -0.05) is 31.2 Å². The molecule has 41 heavy (non-hydrogen) atoms. The van der Waals surface area contributed by atoms with E-state index in [0.717, 1.165) is 12.2 Å². The van der Waals surface area contributed by atoms with Crippen LogP contribution in [-0.2, 0) is 6.42 Å². The molecule has 0 heterocycles. The predicted octanol–water partition coefficient (Wildman–Crippen LogP) is 8.84. The summed E-state index contributed by atoms with van der Waals surface area (Å²) in [6.07, 6.45) is 1.09. The van der Waals surface area contributed by atoms with Crippen molar-refractivity contribution in [2.24, 2.45) is 5.73 Å². The minimum absolute atomic E-state index is 0.237. The third-order valence-corrected chi connectivity index (χ3v) is 6.15. The SMILES string of the molecule is CCc1ccc(OC)cc1.Cc1c(F)c(F)c(-c2c(F)c(F)c(Oc3ccc(C(C)N)cc3)c(F)c2F)c(F)c1F. The Kier molecular flexibility index (Phi) is 9.98. The highest BCUT2D eigenvalue weighted by Gasteiger charge is 2.34. The smallest absolute Gasteiger partial charge is 0.205 e. The first-order valence-electron chi connectivity index (χ1n) is 12.2. The monoisotopic (exact) mass is 583 g/mol. The van der Waals surface area contributed by atoms with E-state index < -0.39 is 69.0 Å². The van der Waals surface area contributed by atoms with Crippen LogP contribution in [0.4, 0.5) is 35.1 Å². The van der Waals surface area contributed by atoms with E-state index in [-0.39, 0.29) is 11.8 Å². The Bertz CT molecular complexity index is 1460. The zero-order valence-electron chi connectivity index (χ0n) is 22.3. The minimum atomic E-state index is -2.30. The molecule has 0 aliphatic carbocycles. The molecule has 4 aromatic rings. The van der Waals surface area contributed by atoms with Crippen molar-refractivity contribution >= 4 is 0 Å². The van der Waals surface area contributed by atoms with Crippen LogP contribution in [0.25, 0.3) is 11.1 Å². The molecule has 0 saturated carbocycles. The first kappa shape index (κ1) is 31.4. The molecular formula is C30H25F8NO2. The Morgan fingerprint density at radius 3 is 1.44 bits per heavy atom. The second kappa shape index (κ2) is 13.0. The van der Waals surface area contributed by atoms with Gasteiger partial charge in [-0.05, 0) is 55.7 Å². The molecule has 2 N–H and O–H groups in total. The van der Waals surface area contributed by atoms with E-state index in [1.54, 1.807) is 14.0 Å². The van der Waals surface area contributed by atoms with Gasteiger partial charge in [0.25, 0.3) is 0 Å². The van der Waals surface area contributed by atoms with E-state index >= 15 is 0 Å². The number of aryl methyl sites for hydroxylation is 1. The summed E-state index contributed by atoms with van der Waals surface area (Å²) in [4.78, 5) is 0. The number of hydrogen-bond acceptors (Lipinski definition) is 3. The zero-order chi connectivity index (χ0) is 30.6. The average molecular weight is 584 g/mol. The molecule has 0 radical (unpaired) electrons. The molecule has 4 aromatic carbocycles. The number of methoxy groups -OCH3 is 1. The molecule has 4 rings (SSSR count). The van der Waals surface area contributed by atoms with E-state index in [9.17, 15) is 35.1 Å². The fraction of sp³-hybridized carbons (Fsp3) is 0.200. The van der Waals surface area contributed by atoms with Crippen LogP contribution in [0.1, 0.15) is 36.6 Å². The standard InChI is InChI=1S/C21H13F8NO.C9H12O/c1-7-13(22)15(24)11(16(25)14(7)23)12-17(26)19(28)21(20(29)18(12)27)31-10-5-3-9(4-6-10)8(2)30;1-3-8-4-6-9(10-2)7-5-8/h3-6,8H,30H2,1-2H3;4-7H,3H2,1-2H3. The lowest BCUT2D eigenvalue weighted by Crippen LogP contribution is -2.09. The van der Waals surface area contributed by atoms with Crippen LogP contribution in [0.3, 0.4) is 0 Å². The van der Waals surface area contributed by atoms with Gasteiger partial charge in [-0.15, -0.1) is 0 Å². The highest BCUT2D eigenvalue weighted by Crippen LogP contribution is 2.41. The van der Waals surface area contributed by atoms with E-state index in [0.29, 0.717) is 12.5 Å². The van der Waals surface area contributed by atoms with Crippen LogP contribution in [0.2, 0.25) is 0 Å². The first-order chi connectivity index (χ1) is 19.3. The van der Waals surface area contributed by atoms with Crippen LogP contribution in [0, 0.1) is 53.5 Å². The Morgan fingerprint density at radius 2 is 1.05 bits per heavy atom. The number of benzene rings is 4. The number of rotatable bonds is 6. The van der Waals surface area contributed by atoms with Crippen LogP contribution in [0.5, 0.6) is 17.2 Å². The Morgan fingerprint density at radius 1 is 0.634 bits per heavy atom. The fourth-order valence-corrected chi connectivity index (χ4v) is 3.70. The van der Waals surface area contributed by atoms with E-state index in [2.05, 4.69) is 19.1 Å². The molecule has 1 atom stereocenters. The Labute approximate surface area is 231 Å². The molecule has 3 nitrogen and oxygen atoms in total. The molecule has 0 bridgehead atoms. The van der Waals surface area contributed by atoms with Crippen molar-refractivity contribution in [1.29, 1.82) is 0 Å². The quantitative estimate of drug-likeness (QED) is 0.182. The lowest BCUT2D eigenvalue weighted by atomic mass is 9.99. The van der Waals surface area contributed by atoms with Gasteiger partial charge in [0.2, 0.25) is 17.4 Å². The molecule has 0 aliphatic rings. The Balaban J connectivity index is 0.000000389. The summed E-state index contributed by atoms with van der Waals surface area (Å²) < 4.78 is 124. The largest absolute Gasteiger partial charge is 0.497 e. The van der Waals surface area contributed by atoms with Crippen molar-refractivity contribution in [2.75, 3.05) is 7.11 Å². The number of halogens is 8. The van der Waals surface area contributed by atoms with Crippen molar-refractivity contribution in [3.05, 3.63) is 112 Å². The number of hydrogen-bond donors (Lipinski definition) is 1. The predicted molar refractivity (Wildman–Crippen MR) is 138 cm³/mol. The lowest BCUT2D eigenvalue weighted by Gasteiger charge is -2.15. The third-order valence-electron chi connectivity index (χ3n) is 6.15. The summed E-state index contributed by atoms with van der Waals surface area (Å²) in [5.74, 6) is -18.2. The topological polar surface area (TPSA) is 44.5 Å². The lowest BCUT2D eigenvalue weighted by molar-refractivity contribution is 0.366. The average Bonchev–Trinajstić information content (AvgIpc) is 2.98. The van der Waals surface area contributed by atoms with Gasteiger partial charge in [-0.3, -0.25) is 0 Å². The number of ether oxygens (including phenoxy) is 2. The second-order valence-electron chi connectivity index (χ2n) is 8.88. The van der Waals surface area contributed by atoms with Crippen molar-refractivity contribution in [1.82, 2.24) is 0 Å². The van der Waals surface area contributed by atoms with Gasteiger partial charge in [0, 0.05) is 11.6 Å². The van der Waals surface area contributed by atoms with Crippen molar-refractivity contribution < 1.29 is 44.6 Å². The molecule has 11 heteroatoms. The molecule has 0 aliphatic heterocycles. The van der Waals surface area contributed by atoms with Crippen molar-refractivity contribution in [3.8, 4) is 28.4 Å². The van der Waals surface area contributed by atoms with E-state index in [4.69, 9.17) is 15.2 Å². The highest BCUT2D eigenvalue weighted by molar-refractivity contribution is 5.69. The van der Waals surface area contributed by atoms with Gasteiger partial charge >= 0.3 is 0 Å². The molecule has 0 aromatic heterocycles. The summed E-state index contributed by atoms with van der Waals surface area (Å²) >= 11 is 0. The first-order valence-corrected chi connectivity index (χ1v) is 12.2. The van der Waals surface area contributed by atoms with Gasteiger partial charge in [0.15, 0.2) is 34.9 Å². The molecule has 218 valence electrons. The van der Waals surface area contributed by atoms with Crippen LogP contribution in [0.15, 0.2) is 48.5 Å². The molecule has 0 saturated heterocycles. The summed E-state index contributed by atoms with van der Waals surface area (Å²) in [6, 6.07) is 13.0. The summed E-state index contributed by atoms with van der Waals surface area (Å²) in [7, 11) is 1.68. The summed E-state index contributed by atoms with van der Waals surface area (Å²) in [5, 5.41) is 0. The molecular weight excluding hydrogens is 558 g/mol. The van der Waals surface area contributed by atoms with Gasteiger partial charge in [-0.2, -0.15) is 8.78 Å². The maximum atomic E-state index is 14.5. The van der Waals surface area contributed by atoms with Crippen LogP contribution < -0.4 is 15.2 Å². The third kappa shape index (κ3) is 6.45. The van der Waals surface area contributed by atoms with Crippen LogP contribution >= 0.6 is 0 Å².